The number of fused-ring (bicyclic) bond motifs is 1. The van der Waals surface area contributed by atoms with Crippen molar-refractivity contribution in [3.05, 3.63) is 48.2 Å². The van der Waals surface area contributed by atoms with Gasteiger partial charge in [0, 0.05) is 12.6 Å². The Balaban J connectivity index is 1.33. The van der Waals surface area contributed by atoms with E-state index in [0.717, 1.165) is 60.8 Å². The molecule has 0 bridgehead atoms. The van der Waals surface area contributed by atoms with Crippen molar-refractivity contribution in [2.75, 3.05) is 20.2 Å². The molecule has 3 heterocycles. The van der Waals surface area contributed by atoms with Gasteiger partial charge in [0.05, 0.1) is 43.4 Å². The Kier molecular flexibility index (Phi) is 5.11. The van der Waals surface area contributed by atoms with Crippen LogP contribution in [0, 0.1) is 5.92 Å². The number of aromatic amines is 1. The van der Waals surface area contributed by atoms with Gasteiger partial charge in [-0.1, -0.05) is 0 Å². The van der Waals surface area contributed by atoms with Crippen molar-refractivity contribution in [1.82, 2.24) is 20.2 Å². The third-order valence-corrected chi connectivity index (χ3v) is 5.00. The molecule has 1 amide bonds. The predicted octanol–water partition coefficient (Wildman–Crippen LogP) is 2.69. The summed E-state index contributed by atoms with van der Waals surface area (Å²) in [4.78, 5) is 22.6. The summed E-state index contributed by atoms with van der Waals surface area (Å²) in [6.45, 7) is 2.90. The standard InChI is InChI=1S/C20H24N4O3/c1-26-15-6-7-17-18(10-15)23-19(22-17)11-21-20(25)14-4-2-8-24(12-14)13-16-5-3-9-27-16/h3,5-7,9-10,14H,2,4,8,11-13H2,1H3,(H,21,25)(H,22,23)/t14-/m0/s1. The minimum Gasteiger partial charge on any atom is -0.497 e. The van der Waals surface area contributed by atoms with Gasteiger partial charge >= 0.3 is 0 Å². The summed E-state index contributed by atoms with van der Waals surface area (Å²) in [5.74, 6) is 2.54. The molecule has 0 saturated carbocycles. The number of carbonyl (C=O) groups is 1. The number of benzene rings is 1. The van der Waals surface area contributed by atoms with E-state index in [0.29, 0.717) is 6.54 Å². The average molecular weight is 368 g/mol. The number of amides is 1. The lowest BCUT2D eigenvalue weighted by Crippen LogP contribution is -2.42. The second kappa shape index (κ2) is 7.84. The minimum atomic E-state index is -0.00168. The maximum absolute atomic E-state index is 12.6. The van der Waals surface area contributed by atoms with Crippen molar-refractivity contribution < 1.29 is 13.9 Å². The zero-order chi connectivity index (χ0) is 18.6. The number of rotatable bonds is 6. The van der Waals surface area contributed by atoms with E-state index in [2.05, 4.69) is 20.2 Å². The molecule has 7 heteroatoms. The topological polar surface area (TPSA) is 83.4 Å². The lowest BCUT2D eigenvalue weighted by molar-refractivity contribution is -0.127. The molecule has 1 aliphatic heterocycles. The maximum Gasteiger partial charge on any atom is 0.224 e. The predicted molar refractivity (Wildman–Crippen MR) is 101 cm³/mol. The molecule has 27 heavy (non-hydrogen) atoms. The number of ether oxygens (including phenoxy) is 1. The van der Waals surface area contributed by atoms with E-state index in [1.807, 2.05) is 30.3 Å². The van der Waals surface area contributed by atoms with E-state index in [4.69, 9.17) is 9.15 Å². The smallest absolute Gasteiger partial charge is 0.224 e. The largest absolute Gasteiger partial charge is 0.497 e. The maximum atomic E-state index is 12.6. The van der Waals surface area contributed by atoms with Gasteiger partial charge in [0.1, 0.15) is 17.3 Å². The second-order valence-corrected chi connectivity index (χ2v) is 6.94. The lowest BCUT2D eigenvalue weighted by Gasteiger charge is -2.31. The van der Waals surface area contributed by atoms with Crippen LogP contribution in [0.1, 0.15) is 24.4 Å². The van der Waals surface area contributed by atoms with E-state index in [-0.39, 0.29) is 11.8 Å². The molecule has 0 radical (unpaired) electrons. The average Bonchev–Trinajstić information content (AvgIpc) is 3.34. The summed E-state index contributed by atoms with van der Waals surface area (Å²) in [6, 6.07) is 9.55. The first-order valence-corrected chi connectivity index (χ1v) is 9.26. The van der Waals surface area contributed by atoms with Crippen LogP contribution in [-0.4, -0.2) is 41.0 Å². The molecule has 1 fully saturated rings. The molecule has 2 N–H and O–H groups in total. The number of nitrogens with zero attached hydrogens (tertiary/aromatic N) is 2. The van der Waals surface area contributed by atoms with Crippen molar-refractivity contribution in [3.8, 4) is 5.75 Å². The van der Waals surface area contributed by atoms with E-state index in [1.54, 1.807) is 13.4 Å². The highest BCUT2D eigenvalue weighted by Crippen LogP contribution is 2.20. The number of nitrogens with one attached hydrogen (secondary N) is 2. The van der Waals surface area contributed by atoms with Gasteiger partial charge in [-0.05, 0) is 43.7 Å². The number of hydrogen-bond acceptors (Lipinski definition) is 5. The van der Waals surface area contributed by atoms with Crippen LogP contribution in [0.4, 0.5) is 0 Å². The summed E-state index contributed by atoms with van der Waals surface area (Å²) in [5.41, 5.74) is 1.77. The van der Waals surface area contributed by atoms with Crippen molar-refractivity contribution in [1.29, 1.82) is 0 Å². The molecule has 3 aromatic rings. The monoisotopic (exact) mass is 368 g/mol. The van der Waals surface area contributed by atoms with Gasteiger partial charge < -0.3 is 19.5 Å². The fraction of sp³-hybridized carbons (Fsp3) is 0.400. The van der Waals surface area contributed by atoms with Gasteiger partial charge in [-0.15, -0.1) is 0 Å². The van der Waals surface area contributed by atoms with Gasteiger partial charge in [0.25, 0.3) is 0 Å². The van der Waals surface area contributed by atoms with E-state index < -0.39 is 0 Å². The number of carbonyl (C=O) groups excluding carboxylic acids is 1. The van der Waals surface area contributed by atoms with Crippen LogP contribution in [0.2, 0.25) is 0 Å². The highest BCUT2D eigenvalue weighted by atomic mass is 16.5. The highest BCUT2D eigenvalue weighted by molar-refractivity contribution is 5.79. The Labute approximate surface area is 157 Å². The second-order valence-electron chi connectivity index (χ2n) is 6.94. The Bertz CT molecular complexity index is 903. The minimum absolute atomic E-state index is 0.00168. The molecule has 1 saturated heterocycles. The fourth-order valence-electron chi connectivity index (χ4n) is 3.60. The van der Waals surface area contributed by atoms with Gasteiger partial charge in [-0.3, -0.25) is 9.69 Å². The lowest BCUT2D eigenvalue weighted by atomic mass is 9.97. The van der Waals surface area contributed by atoms with Gasteiger partial charge in [-0.2, -0.15) is 0 Å². The Hall–Kier alpha value is -2.80. The number of piperidine rings is 1. The number of hydrogen-bond donors (Lipinski definition) is 2. The van der Waals surface area contributed by atoms with Crippen LogP contribution in [-0.2, 0) is 17.9 Å². The normalized spacial score (nSPS) is 17.9. The molecule has 1 aliphatic rings. The third-order valence-electron chi connectivity index (χ3n) is 5.00. The quantitative estimate of drug-likeness (QED) is 0.699. The van der Waals surface area contributed by atoms with Crippen molar-refractivity contribution in [2.24, 2.45) is 5.92 Å². The number of H-pyrrole nitrogens is 1. The van der Waals surface area contributed by atoms with Crippen molar-refractivity contribution >= 4 is 16.9 Å². The van der Waals surface area contributed by atoms with Gasteiger partial charge in [-0.25, -0.2) is 4.98 Å². The first kappa shape index (κ1) is 17.6. The molecule has 1 atom stereocenters. The summed E-state index contributed by atoms with van der Waals surface area (Å²) >= 11 is 0. The Morgan fingerprint density at radius 2 is 2.37 bits per heavy atom. The van der Waals surface area contributed by atoms with Crippen LogP contribution < -0.4 is 10.1 Å². The SMILES string of the molecule is COc1ccc2nc(CNC(=O)[C@H]3CCCN(Cc4ccco4)C3)[nH]c2c1. The number of likely N-dealkylation sites (tertiary alicyclic amines) is 1. The Morgan fingerprint density at radius 1 is 1.44 bits per heavy atom. The summed E-state index contributed by atoms with van der Waals surface area (Å²) in [7, 11) is 1.64. The fourth-order valence-corrected chi connectivity index (χ4v) is 3.60. The van der Waals surface area contributed by atoms with Crippen LogP contribution in [0.3, 0.4) is 0 Å². The highest BCUT2D eigenvalue weighted by Gasteiger charge is 2.26. The molecule has 0 unspecified atom stereocenters. The van der Waals surface area contributed by atoms with Crippen molar-refractivity contribution in [2.45, 2.75) is 25.9 Å². The van der Waals surface area contributed by atoms with E-state index in [1.165, 1.54) is 0 Å². The molecule has 142 valence electrons. The third kappa shape index (κ3) is 4.14. The van der Waals surface area contributed by atoms with Crippen LogP contribution in [0.25, 0.3) is 11.0 Å². The number of methoxy groups -OCH3 is 1. The van der Waals surface area contributed by atoms with Gasteiger partial charge in [0.2, 0.25) is 5.91 Å². The van der Waals surface area contributed by atoms with E-state index >= 15 is 0 Å². The molecule has 0 aliphatic carbocycles. The molecule has 7 nitrogen and oxygen atoms in total. The summed E-state index contributed by atoms with van der Waals surface area (Å²) < 4.78 is 10.6. The Morgan fingerprint density at radius 3 is 3.19 bits per heavy atom. The van der Waals surface area contributed by atoms with Crippen LogP contribution >= 0.6 is 0 Å². The first-order valence-electron chi connectivity index (χ1n) is 9.26. The van der Waals surface area contributed by atoms with Crippen LogP contribution in [0.15, 0.2) is 41.0 Å². The summed E-state index contributed by atoms with van der Waals surface area (Å²) in [6.07, 6.45) is 3.62. The molecule has 1 aromatic carbocycles. The van der Waals surface area contributed by atoms with E-state index in [9.17, 15) is 4.79 Å². The molecule has 0 spiro atoms. The van der Waals surface area contributed by atoms with Gasteiger partial charge in [0.15, 0.2) is 0 Å². The molecular weight excluding hydrogens is 344 g/mol. The molecule has 4 rings (SSSR count). The number of furan rings is 1. The zero-order valence-corrected chi connectivity index (χ0v) is 15.4. The number of aromatic nitrogens is 2. The summed E-state index contributed by atoms with van der Waals surface area (Å²) in [5, 5.41) is 3.02. The molecule has 2 aromatic heterocycles. The first-order chi connectivity index (χ1) is 13.2. The van der Waals surface area contributed by atoms with Crippen LogP contribution in [0.5, 0.6) is 5.75 Å². The number of imidazole rings is 1. The zero-order valence-electron chi connectivity index (χ0n) is 15.4. The molecular formula is C20H24N4O3. The van der Waals surface area contributed by atoms with Crippen molar-refractivity contribution in [3.63, 3.8) is 0 Å².